The lowest BCUT2D eigenvalue weighted by Crippen LogP contribution is -2.44. The van der Waals surface area contributed by atoms with Crippen molar-refractivity contribution in [2.75, 3.05) is 10.2 Å². The van der Waals surface area contributed by atoms with E-state index in [2.05, 4.69) is 25.4 Å². The van der Waals surface area contributed by atoms with Gasteiger partial charge in [0, 0.05) is 18.5 Å². The third-order valence-electron chi connectivity index (χ3n) is 5.18. The van der Waals surface area contributed by atoms with Crippen molar-refractivity contribution in [2.24, 2.45) is 0 Å². The molecular weight excluding hydrogens is 557 g/mol. The number of amides is 2. The molecular formula is C27H29Cl2N7O4. The molecule has 0 atom stereocenters. The number of nitrogens with one attached hydrogen (secondary N) is 1. The quantitative estimate of drug-likeness (QED) is 0.263. The maximum Gasteiger partial charge on any atom is 0.425 e. The van der Waals surface area contributed by atoms with Gasteiger partial charge in [0.1, 0.15) is 40.4 Å². The number of carbonyl (C=O) groups excluding carboxylic acids is 2. The van der Waals surface area contributed by atoms with Gasteiger partial charge in [-0.3, -0.25) is 0 Å². The topological polar surface area (TPSA) is 124 Å². The number of aromatic nitrogens is 5. The summed E-state index contributed by atoms with van der Waals surface area (Å²) in [5.74, 6) is 0.618. The van der Waals surface area contributed by atoms with Crippen molar-refractivity contribution >= 4 is 63.7 Å². The predicted octanol–water partition coefficient (Wildman–Crippen LogP) is 7.25. The Kier molecular flexibility index (Phi) is 7.91. The number of aryl methyl sites for hydroxylation is 1. The first-order valence-corrected chi connectivity index (χ1v) is 13.0. The zero-order valence-corrected chi connectivity index (χ0v) is 24.6. The average Bonchev–Trinajstić information content (AvgIpc) is 3.25. The molecule has 1 aromatic carbocycles. The van der Waals surface area contributed by atoms with Crippen LogP contribution in [0.3, 0.4) is 0 Å². The van der Waals surface area contributed by atoms with Crippen molar-refractivity contribution < 1.29 is 19.1 Å². The van der Waals surface area contributed by atoms with Gasteiger partial charge in [0.05, 0.1) is 15.4 Å². The molecule has 11 nitrogen and oxygen atoms in total. The Morgan fingerprint density at radius 3 is 2.12 bits per heavy atom. The summed E-state index contributed by atoms with van der Waals surface area (Å²) in [6, 6.07) is 6.62. The van der Waals surface area contributed by atoms with Gasteiger partial charge in [0.2, 0.25) is 0 Å². The van der Waals surface area contributed by atoms with Crippen LogP contribution in [-0.4, -0.2) is 48.1 Å². The molecule has 0 spiro atoms. The Balaban J connectivity index is 1.73. The second-order valence-electron chi connectivity index (χ2n) is 10.9. The van der Waals surface area contributed by atoms with E-state index in [0.29, 0.717) is 32.5 Å². The zero-order chi connectivity index (χ0) is 29.4. The monoisotopic (exact) mass is 585 g/mol. The van der Waals surface area contributed by atoms with Crippen molar-refractivity contribution in [3.8, 4) is 5.69 Å². The molecule has 40 heavy (non-hydrogen) atoms. The number of para-hydroxylation sites is 1. The lowest BCUT2D eigenvalue weighted by Gasteiger charge is -2.28. The van der Waals surface area contributed by atoms with Crippen molar-refractivity contribution in [3.63, 3.8) is 0 Å². The first kappa shape index (κ1) is 29.0. The lowest BCUT2D eigenvalue weighted by molar-refractivity contribution is 0.0429. The summed E-state index contributed by atoms with van der Waals surface area (Å²) in [6.07, 6.45) is 2.73. The number of carbonyl (C=O) groups is 2. The molecule has 13 heteroatoms. The Hall–Kier alpha value is -3.96. The Morgan fingerprint density at radius 1 is 0.950 bits per heavy atom. The normalized spacial score (nSPS) is 11.8. The number of rotatable bonds is 4. The van der Waals surface area contributed by atoms with Crippen molar-refractivity contribution in [2.45, 2.75) is 59.7 Å². The number of benzene rings is 1. The van der Waals surface area contributed by atoms with Gasteiger partial charge >= 0.3 is 12.2 Å². The van der Waals surface area contributed by atoms with Gasteiger partial charge in [-0.1, -0.05) is 29.3 Å². The van der Waals surface area contributed by atoms with Gasteiger partial charge in [0.15, 0.2) is 5.82 Å². The van der Waals surface area contributed by atoms with E-state index >= 15 is 0 Å². The fraction of sp³-hybridized carbons (Fsp3) is 0.333. The Bertz CT molecular complexity index is 1540. The van der Waals surface area contributed by atoms with Crippen molar-refractivity contribution in [1.82, 2.24) is 24.7 Å². The van der Waals surface area contributed by atoms with Gasteiger partial charge in [-0.25, -0.2) is 29.2 Å². The summed E-state index contributed by atoms with van der Waals surface area (Å²) in [5.41, 5.74) is 0.280. The van der Waals surface area contributed by atoms with E-state index in [4.69, 9.17) is 32.7 Å². The number of hydrogen-bond acceptors (Lipinski definition) is 9. The number of pyridine rings is 1. The third-order valence-corrected chi connectivity index (χ3v) is 5.79. The molecule has 1 N–H and O–H groups in total. The molecule has 0 saturated heterocycles. The molecule has 0 aliphatic heterocycles. The van der Waals surface area contributed by atoms with Crippen LogP contribution >= 0.6 is 23.2 Å². The molecule has 3 heterocycles. The van der Waals surface area contributed by atoms with Crippen LogP contribution in [0.15, 0.2) is 43.0 Å². The highest BCUT2D eigenvalue weighted by atomic mass is 35.5. The molecule has 210 valence electrons. The van der Waals surface area contributed by atoms with Crippen molar-refractivity contribution in [3.05, 3.63) is 58.6 Å². The molecule has 0 unspecified atom stereocenters. The fourth-order valence-corrected chi connectivity index (χ4v) is 4.16. The van der Waals surface area contributed by atoms with Crippen LogP contribution in [0.25, 0.3) is 16.6 Å². The van der Waals surface area contributed by atoms with E-state index in [1.165, 1.54) is 12.4 Å². The second-order valence-corrected chi connectivity index (χ2v) is 11.7. The molecule has 3 aromatic heterocycles. The highest BCUT2D eigenvalue weighted by molar-refractivity contribution is 6.37. The smallest absolute Gasteiger partial charge is 0.425 e. The molecule has 0 aliphatic carbocycles. The van der Waals surface area contributed by atoms with Crippen LogP contribution < -0.4 is 10.2 Å². The zero-order valence-electron chi connectivity index (χ0n) is 23.1. The van der Waals surface area contributed by atoms with E-state index < -0.39 is 23.4 Å². The van der Waals surface area contributed by atoms with E-state index in [-0.39, 0.29) is 11.6 Å². The minimum atomic E-state index is -0.944. The summed E-state index contributed by atoms with van der Waals surface area (Å²) >= 11 is 12.8. The number of nitrogens with zero attached hydrogens (tertiary/aromatic N) is 6. The van der Waals surface area contributed by atoms with Gasteiger partial charge in [-0.2, -0.15) is 10.00 Å². The maximum atomic E-state index is 13.0. The molecule has 0 fully saturated rings. The molecule has 4 rings (SSSR count). The van der Waals surface area contributed by atoms with Crippen LogP contribution in [0.4, 0.5) is 27.0 Å². The average molecular weight is 586 g/mol. The first-order chi connectivity index (χ1) is 18.6. The number of fused-ring (bicyclic) bond motifs is 1. The highest BCUT2D eigenvalue weighted by Crippen LogP contribution is 2.32. The molecule has 0 bridgehead atoms. The van der Waals surface area contributed by atoms with Gasteiger partial charge in [-0.15, -0.1) is 0 Å². The number of anilines is 3. The molecule has 0 radical (unpaired) electrons. The molecule has 2 amide bonds. The predicted molar refractivity (Wildman–Crippen MR) is 154 cm³/mol. The van der Waals surface area contributed by atoms with Crippen LogP contribution in [0.5, 0.6) is 0 Å². The SMILES string of the molecule is Cc1cnc(Nc2cc(N(C(=O)OC(C)(C)C)C(=O)OC(C)(C)C)ncn2)c2cn(-c3c(Cl)cccc3Cl)nc12. The number of imide groups is 1. The van der Waals surface area contributed by atoms with E-state index in [1.807, 2.05) is 6.92 Å². The number of ether oxygens (including phenoxy) is 2. The lowest BCUT2D eigenvalue weighted by atomic mass is 10.2. The van der Waals surface area contributed by atoms with E-state index in [0.717, 1.165) is 10.5 Å². The third kappa shape index (κ3) is 6.60. The minimum absolute atomic E-state index is 0.0529. The van der Waals surface area contributed by atoms with Crippen LogP contribution in [0.2, 0.25) is 10.0 Å². The second kappa shape index (κ2) is 10.9. The standard InChI is InChI=1S/C27H29Cl2N7O4/c1-15-12-30-23(16-13-35(34-21(15)16)22-17(28)9-8-10-18(22)29)33-19-11-20(32-14-31-19)36(24(37)39-26(2,3)4)25(38)40-27(5,6)7/h8-14H,1-7H3,(H,30,31,32,33). The van der Waals surface area contributed by atoms with Crippen LogP contribution in [0.1, 0.15) is 47.1 Å². The highest BCUT2D eigenvalue weighted by Gasteiger charge is 2.34. The van der Waals surface area contributed by atoms with Gasteiger partial charge < -0.3 is 14.8 Å². The summed E-state index contributed by atoms with van der Waals surface area (Å²) in [5, 5.41) is 9.33. The summed E-state index contributed by atoms with van der Waals surface area (Å²) in [6.45, 7) is 12.0. The van der Waals surface area contributed by atoms with Crippen LogP contribution in [-0.2, 0) is 9.47 Å². The van der Waals surface area contributed by atoms with Gasteiger partial charge in [0.25, 0.3) is 0 Å². The Labute approximate surface area is 241 Å². The maximum absolute atomic E-state index is 13.0. The Morgan fingerprint density at radius 2 is 1.55 bits per heavy atom. The summed E-state index contributed by atoms with van der Waals surface area (Å²) in [4.78, 5) is 39.7. The fourth-order valence-electron chi connectivity index (χ4n) is 3.59. The largest absolute Gasteiger partial charge is 0.443 e. The summed E-state index contributed by atoms with van der Waals surface area (Å²) in [7, 11) is 0. The van der Waals surface area contributed by atoms with E-state index in [1.54, 1.807) is 76.8 Å². The summed E-state index contributed by atoms with van der Waals surface area (Å²) < 4.78 is 12.5. The molecule has 0 saturated carbocycles. The molecule has 4 aromatic rings. The minimum Gasteiger partial charge on any atom is -0.443 e. The first-order valence-electron chi connectivity index (χ1n) is 12.3. The van der Waals surface area contributed by atoms with Crippen molar-refractivity contribution in [1.29, 1.82) is 0 Å². The number of hydrogen-bond donors (Lipinski definition) is 1. The van der Waals surface area contributed by atoms with Gasteiger partial charge in [-0.05, 0) is 66.2 Å². The van der Waals surface area contributed by atoms with Crippen LogP contribution in [0, 0.1) is 6.92 Å². The van der Waals surface area contributed by atoms with E-state index in [9.17, 15) is 9.59 Å². The number of halogens is 2. The molecule has 0 aliphatic rings.